The van der Waals surface area contributed by atoms with E-state index in [1.54, 1.807) is 12.1 Å². The van der Waals surface area contributed by atoms with Crippen molar-refractivity contribution in [3.8, 4) is 11.5 Å². The van der Waals surface area contributed by atoms with Gasteiger partial charge in [-0.3, -0.25) is 4.79 Å². The van der Waals surface area contributed by atoms with Gasteiger partial charge in [-0.05, 0) is 49.7 Å². The van der Waals surface area contributed by atoms with E-state index in [0.29, 0.717) is 11.3 Å². The van der Waals surface area contributed by atoms with Crippen LogP contribution in [0.25, 0.3) is 0 Å². The Morgan fingerprint density at radius 1 is 1.29 bits per heavy atom. The minimum absolute atomic E-state index is 0.0572. The highest BCUT2D eigenvalue weighted by atomic mass is 32.2. The van der Waals surface area contributed by atoms with E-state index in [1.165, 1.54) is 36.7 Å². The molecule has 126 valence electrons. The van der Waals surface area contributed by atoms with Crippen LogP contribution in [0.5, 0.6) is 11.5 Å². The number of hydrogen-bond donors (Lipinski definition) is 2. The second kappa shape index (κ2) is 8.40. The molecule has 0 aliphatic carbocycles. The lowest BCUT2D eigenvalue weighted by molar-refractivity contribution is -0.120. The van der Waals surface area contributed by atoms with Crippen molar-refractivity contribution in [3.05, 3.63) is 53.6 Å². The van der Waals surface area contributed by atoms with Crippen molar-refractivity contribution in [1.82, 2.24) is 5.43 Å². The van der Waals surface area contributed by atoms with Crippen LogP contribution in [0.15, 0.2) is 52.5 Å². The van der Waals surface area contributed by atoms with Crippen LogP contribution in [0.3, 0.4) is 0 Å². The fourth-order valence-corrected chi connectivity index (χ4v) is 2.77. The van der Waals surface area contributed by atoms with Gasteiger partial charge in [0.05, 0.1) is 18.6 Å². The number of aromatic hydroxyl groups is 1. The first-order valence-electron chi connectivity index (χ1n) is 7.43. The van der Waals surface area contributed by atoms with Gasteiger partial charge in [0, 0.05) is 4.90 Å². The van der Waals surface area contributed by atoms with E-state index in [0.717, 1.165) is 4.90 Å². The molecule has 2 aromatic rings. The van der Waals surface area contributed by atoms with Crippen LogP contribution in [-0.2, 0) is 4.79 Å². The molecule has 0 fully saturated rings. The maximum absolute atomic E-state index is 12.1. The Balaban J connectivity index is 1.90. The maximum atomic E-state index is 12.1. The second-order valence-corrected chi connectivity index (χ2v) is 6.65. The molecule has 2 N–H and O–H groups in total. The molecule has 0 aliphatic heterocycles. The van der Waals surface area contributed by atoms with Gasteiger partial charge >= 0.3 is 0 Å². The van der Waals surface area contributed by atoms with Gasteiger partial charge in [-0.15, -0.1) is 11.8 Å². The number of phenols is 1. The number of amides is 1. The molecule has 5 nitrogen and oxygen atoms in total. The Hall–Kier alpha value is -2.47. The predicted molar refractivity (Wildman–Crippen MR) is 96.9 cm³/mol. The van der Waals surface area contributed by atoms with Crippen molar-refractivity contribution in [1.29, 1.82) is 0 Å². The number of nitrogens with zero attached hydrogens (tertiary/aromatic N) is 1. The van der Waals surface area contributed by atoms with E-state index in [9.17, 15) is 9.90 Å². The zero-order valence-corrected chi connectivity index (χ0v) is 14.6. The van der Waals surface area contributed by atoms with Gasteiger partial charge in [0.25, 0.3) is 5.91 Å². The van der Waals surface area contributed by atoms with Crippen molar-refractivity contribution in [2.45, 2.75) is 24.0 Å². The Morgan fingerprint density at radius 3 is 2.67 bits per heavy atom. The molecule has 0 radical (unpaired) electrons. The summed E-state index contributed by atoms with van der Waals surface area (Å²) in [4.78, 5) is 13.1. The predicted octanol–water partition coefficient (Wildman–Crippen LogP) is 3.34. The lowest BCUT2D eigenvalue weighted by Gasteiger charge is -2.09. The Morgan fingerprint density at radius 2 is 2.00 bits per heavy atom. The molecule has 0 aliphatic rings. The van der Waals surface area contributed by atoms with E-state index >= 15 is 0 Å². The number of rotatable bonds is 6. The summed E-state index contributed by atoms with van der Waals surface area (Å²) < 4.78 is 5.02. The molecule has 1 amide bonds. The van der Waals surface area contributed by atoms with Crippen LogP contribution in [0.4, 0.5) is 0 Å². The van der Waals surface area contributed by atoms with E-state index in [1.807, 2.05) is 38.1 Å². The topological polar surface area (TPSA) is 70.9 Å². The van der Waals surface area contributed by atoms with Crippen LogP contribution in [0, 0.1) is 6.92 Å². The number of aryl methyl sites for hydroxylation is 1. The molecular weight excluding hydrogens is 324 g/mol. The van der Waals surface area contributed by atoms with Crippen LogP contribution in [0.2, 0.25) is 0 Å². The smallest absolute Gasteiger partial charge is 0.253 e. The van der Waals surface area contributed by atoms with Crippen molar-refractivity contribution < 1.29 is 14.6 Å². The van der Waals surface area contributed by atoms with Crippen LogP contribution < -0.4 is 10.2 Å². The zero-order valence-electron chi connectivity index (χ0n) is 13.8. The standard InChI is InChI=1S/C18H20N2O3S/c1-12-4-7-15(8-5-12)24-13(2)18(22)20-19-11-14-6-9-16(21)17(10-14)23-3/h4-11,13,21H,1-3H3,(H,20,22)/b19-11-/t13-/m0/s1. The number of hydrazone groups is 1. The van der Waals surface area contributed by atoms with Gasteiger partial charge in [-0.2, -0.15) is 5.10 Å². The number of carbonyl (C=O) groups excluding carboxylic acids is 1. The Kier molecular flexibility index (Phi) is 6.26. The number of methoxy groups -OCH3 is 1. The summed E-state index contributed by atoms with van der Waals surface area (Å²) >= 11 is 1.48. The lowest BCUT2D eigenvalue weighted by atomic mass is 10.2. The summed E-state index contributed by atoms with van der Waals surface area (Å²) in [5.41, 5.74) is 4.42. The van der Waals surface area contributed by atoms with Crippen molar-refractivity contribution in [2.24, 2.45) is 5.10 Å². The number of benzene rings is 2. The summed E-state index contributed by atoms with van der Waals surface area (Å²) in [6.45, 7) is 3.86. The van der Waals surface area contributed by atoms with Gasteiger partial charge in [-0.1, -0.05) is 17.7 Å². The third-order valence-electron chi connectivity index (χ3n) is 3.30. The summed E-state index contributed by atoms with van der Waals surface area (Å²) in [5.74, 6) is 0.234. The highest BCUT2D eigenvalue weighted by molar-refractivity contribution is 8.00. The van der Waals surface area contributed by atoms with Gasteiger partial charge < -0.3 is 9.84 Å². The van der Waals surface area contributed by atoms with Gasteiger partial charge in [0.1, 0.15) is 0 Å². The first-order valence-corrected chi connectivity index (χ1v) is 8.31. The molecule has 0 aromatic heterocycles. The third kappa shape index (κ3) is 5.03. The molecule has 24 heavy (non-hydrogen) atoms. The fraction of sp³-hybridized carbons (Fsp3) is 0.222. The van der Waals surface area contributed by atoms with E-state index in [2.05, 4.69) is 10.5 Å². The summed E-state index contributed by atoms with van der Waals surface area (Å²) in [6.07, 6.45) is 1.50. The number of hydrogen-bond acceptors (Lipinski definition) is 5. The molecule has 2 rings (SSSR count). The number of thioether (sulfide) groups is 1. The second-order valence-electron chi connectivity index (χ2n) is 5.24. The van der Waals surface area contributed by atoms with E-state index in [-0.39, 0.29) is 16.9 Å². The van der Waals surface area contributed by atoms with Crippen LogP contribution >= 0.6 is 11.8 Å². The Bertz CT molecular complexity index is 730. The van der Waals surface area contributed by atoms with E-state index in [4.69, 9.17) is 4.74 Å². The number of ether oxygens (including phenoxy) is 1. The Labute approximate surface area is 145 Å². The number of nitrogens with one attached hydrogen (secondary N) is 1. The largest absolute Gasteiger partial charge is 0.504 e. The molecular formula is C18H20N2O3S. The number of carbonyl (C=O) groups is 1. The third-order valence-corrected chi connectivity index (χ3v) is 4.41. The van der Waals surface area contributed by atoms with E-state index < -0.39 is 0 Å². The van der Waals surface area contributed by atoms with Crippen molar-refractivity contribution in [3.63, 3.8) is 0 Å². The lowest BCUT2D eigenvalue weighted by Crippen LogP contribution is -2.26. The normalized spacial score (nSPS) is 12.1. The minimum atomic E-state index is -0.265. The fourth-order valence-electron chi connectivity index (χ4n) is 1.91. The molecule has 2 aromatic carbocycles. The first-order chi connectivity index (χ1) is 11.5. The van der Waals surface area contributed by atoms with Gasteiger partial charge in [-0.25, -0.2) is 5.43 Å². The maximum Gasteiger partial charge on any atom is 0.253 e. The summed E-state index contributed by atoms with van der Waals surface area (Å²) in [5, 5.41) is 13.2. The molecule has 6 heteroatoms. The molecule has 0 spiro atoms. The van der Waals surface area contributed by atoms with Gasteiger partial charge in [0.15, 0.2) is 11.5 Å². The molecule has 1 atom stereocenters. The van der Waals surface area contributed by atoms with Crippen LogP contribution in [0.1, 0.15) is 18.1 Å². The highest BCUT2D eigenvalue weighted by Gasteiger charge is 2.13. The molecule has 0 heterocycles. The van der Waals surface area contributed by atoms with Gasteiger partial charge in [0.2, 0.25) is 0 Å². The number of phenolic OH excluding ortho intramolecular Hbond substituents is 1. The SMILES string of the molecule is COc1cc(/C=N\NC(=O)[C@H](C)Sc2ccc(C)cc2)ccc1O. The molecule has 0 bridgehead atoms. The summed E-state index contributed by atoms with van der Waals surface area (Å²) in [7, 11) is 1.47. The average Bonchev–Trinajstić information content (AvgIpc) is 2.58. The van der Waals surface area contributed by atoms with Crippen molar-refractivity contribution >= 4 is 23.9 Å². The monoisotopic (exact) mass is 344 g/mol. The average molecular weight is 344 g/mol. The summed E-state index contributed by atoms with van der Waals surface area (Å²) in [6, 6.07) is 12.9. The van der Waals surface area contributed by atoms with Crippen molar-refractivity contribution in [2.75, 3.05) is 7.11 Å². The van der Waals surface area contributed by atoms with Crippen LogP contribution in [-0.4, -0.2) is 29.6 Å². The quantitative estimate of drug-likeness (QED) is 0.479. The molecule has 0 saturated carbocycles. The zero-order chi connectivity index (χ0) is 17.5. The molecule has 0 saturated heterocycles. The minimum Gasteiger partial charge on any atom is -0.504 e. The first kappa shape index (κ1) is 17.9. The molecule has 0 unspecified atom stereocenters. The highest BCUT2D eigenvalue weighted by Crippen LogP contribution is 2.25.